The van der Waals surface area contributed by atoms with Crippen LogP contribution in [0.2, 0.25) is 0 Å². The van der Waals surface area contributed by atoms with Crippen LogP contribution in [0.1, 0.15) is 26.7 Å². The minimum atomic E-state index is -3.25. The molecule has 1 N–H and O–H groups in total. The molecule has 2 saturated heterocycles. The molecule has 0 bridgehead atoms. The maximum atomic E-state index is 12.6. The molecule has 0 aliphatic carbocycles. The van der Waals surface area contributed by atoms with Crippen LogP contribution >= 0.6 is 0 Å². The maximum absolute atomic E-state index is 12.6. The molecule has 0 radical (unpaired) electrons. The second-order valence-corrected chi connectivity index (χ2v) is 7.95. The van der Waals surface area contributed by atoms with Gasteiger partial charge in [-0.05, 0) is 26.7 Å². The van der Waals surface area contributed by atoms with E-state index in [0.717, 1.165) is 26.0 Å². The third-order valence-corrected chi connectivity index (χ3v) is 6.25. The molecule has 2 heterocycles. The van der Waals surface area contributed by atoms with Crippen molar-refractivity contribution in [3.8, 4) is 0 Å². The van der Waals surface area contributed by atoms with Crippen LogP contribution in [0.3, 0.4) is 0 Å². The first kappa shape index (κ1) is 13.3. The molecule has 0 aromatic heterocycles. The summed E-state index contributed by atoms with van der Waals surface area (Å²) in [7, 11) is -3.25. The van der Waals surface area contributed by atoms with Crippen LogP contribution in [0.25, 0.3) is 0 Å². The van der Waals surface area contributed by atoms with E-state index in [-0.39, 0.29) is 6.04 Å². The molecule has 2 rings (SSSR count). The van der Waals surface area contributed by atoms with Gasteiger partial charge in [0.1, 0.15) is 0 Å². The zero-order valence-electron chi connectivity index (χ0n) is 10.6. The molecule has 100 valence electrons. The van der Waals surface area contributed by atoms with Gasteiger partial charge in [0.15, 0.2) is 0 Å². The Morgan fingerprint density at radius 3 is 2.82 bits per heavy atom. The predicted molar refractivity (Wildman–Crippen MR) is 66.4 cm³/mol. The maximum Gasteiger partial charge on any atom is 0.220 e. The van der Waals surface area contributed by atoms with Gasteiger partial charge in [-0.25, -0.2) is 8.42 Å². The van der Waals surface area contributed by atoms with E-state index in [4.69, 9.17) is 4.74 Å². The minimum Gasteiger partial charge on any atom is -0.380 e. The molecule has 0 amide bonds. The zero-order chi connectivity index (χ0) is 12.5. The summed E-state index contributed by atoms with van der Waals surface area (Å²) >= 11 is 0. The molecule has 2 aliphatic heterocycles. The quantitative estimate of drug-likeness (QED) is 0.732. The summed E-state index contributed by atoms with van der Waals surface area (Å²) in [4.78, 5) is 0. The first-order valence-electron chi connectivity index (χ1n) is 6.25. The average Bonchev–Trinajstić information content (AvgIpc) is 2.38. The molecule has 0 saturated carbocycles. The van der Waals surface area contributed by atoms with Crippen molar-refractivity contribution >= 4 is 10.0 Å². The molecule has 2 aliphatic rings. The van der Waals surface area contributed by atoms with Crippen LogP contribution in [0, 0.1) is 0 Å². The standard InChI is InChI=1S/C11H22N2O3S/c1-11(2)9-12-5-6-13(17(11,14)15)10-4-3-7-16-8-10/h10,12H,3-9H2,1-2H3. The number of rotatable bonds is 1. The fourth-order valence-electron chi connectivity index (χ4n) is 2.44. The van der Waals surface area contributed by atoms with Gasteiger partial charge in [-0.15, -0.1) is 0 Å². The minimum absolute atomic E-state index is 0.0212. The van der Waals surface area contributed by atoms with Gasteiger partial charge >= 0.3 is 0 Å². The highest BCUT2D eigenvalue weighted by Gasteiger charge is 2.43. The Morgan fingerprint density at radius 2 is 2.18 bits per heavy atom. The fourth-order valence-corrected chi connectivity index (χ4v) is 4.25. The summed E-state index contributed by atoms with van der Waals surface area (Å²) in [5, 5.41) is 3.20. The first-order valence-corrected chi connectivity index (χ1v) is 7.69. The summed E-state index contributed by atoms with van der Waals surface area (Å²) < 4.78 is 31.5. The zero-order valence-corrected chi connectivity index (χ0v) is 11.4. The van der Waals surface area contributed by atoms with E-state index in [0.29, 0.717) is 19.7 Å². The van der Waals surface area contributed by atoms with Crippen LogP contribution in [0.15, 0.2) is 0 Å². The monoisotopic (exact) mass is 262 g/mol. The highest BCUT2D eigenvalue weighted by Crippen LogP contribution is 2.26. The van der Waals surface area contributed by atoms with E-state index in [1.165, 1.54) is 0 Å². The summed E-state index contributed by atoms with van der Waals surface area (Å²) in [6, 6.07) is 0.0212. The second-order valence-electron chi connectivity index (χ2n) is 5.42. The van der Waals surface area contributed by atoms with Gasteiger partial charge in [-0.1, -0.05) is 0 Å². The van der Waals surface area contributed by atoms with Gasteiger partial charge in [0, 0.05) is 32.3 Å². The summed E-state index contributed by atoms with van der Waals surface area (Å²) in [5.41, 5.74) is 0. The van der Waals surface area contributed by atoms with E-state index >= 15 is 0 Å². The van der Waals surface area contributed by atoms with Crippen LogP contribution in [0.5, 0.6) is 0 Å². The van der Waals surface area contributed by atoms with Crippen molar-refractivity contribution in [1.82, 2.24) is 9.62 Å². The number of nitrogens with zero attached hydrogens (tertiary/aromatic N) is 1. The normalized spacial score (nSPS) is 34.1. The molecular formula is C11H22N2O3S. The van der Waals surface area contributed by atoms with Crippen molar-refractivity contribution in [2.45, 2.75) is 37.5 Å². The predicted octanol–water partition coefficient (Wildman–Crippen LogP) is 0.179. The Balaban J connectivity index is 2.24. The molecule has 5 nitrogen and oxygen atoms in total. The SMILES string of the molecule is CC1(C)CNCCN(C2CCCOC2)S1(=O)=O. The number of ether oxygens (including phenoxy) is 1. The van der Waals surface area contributed by atoms with Crippen LogP contribution in [-0.2, 0) is 14.8 Å². The number of hydrogen-bond donors (Lipinski definition) is 1. The van der Waals surface area contributed by atoms with Gasteiger partial charge < -0.3 is 10.1 Å². The summed E-state index contributed by atoms with van der Waals surface area (Å²) in [6.45, 7) is 6.66. The van der Waals surface area contributed by atoms with Crippen molar-refractivity contribution in [3.63, 3.8) is 0 Å². The van der Waals surface area contributed by atoms with Crippen molar-refractivity contribution in [1.29, 1.82) is 0 Å². The first-order chi connectivity index (χ1) is 7.95. The lowest BCUT2D eigenvalue weighted by Crippen LogP contribution is -2.52. The van der Waals surface area contributed by atoms with Gasteiger partial charge in [0.05, 0.1) is 11.4 Å². The van der Waals surface area contributed by atoms with E-state index in [2.05, 4.69) is 5.32 Å². The van der Waals surface area contributed by atoms with Crippen LogP contribution in [-0.4, -0.2) is 56.4 Å². The van der Waals surface area contributed by atoms with Gasteiger partial charge in [0.2, 0.25) is 10.0 Å². The number of hydrogen-bond acceptors (Lipinski definition) is 4. The Labute approximate surface area is 104 Å². The van der Waals surface area contributed by atoms with Crippen molar-refractivity contribution in [2.24, 2.45) is 0 Å². The van der Waals surface area contributed by atoms with E-state index in [1.807, 2.05) is 0 Å². The van der Waals surface area contributed by atoms with E-state index in [1.54, 1.807) is 18.2 Å². The highest BCUT2D eigenvalue weighted by molar-refractivity contribution is 7.90. The largest absolute Gasteiger partial charge is 0.380 e. The Hall–Kier alpha value is -0.170. The number of sulfonamides is 1. The Kier molecular flexibility index (Phi) is 3.77. The highest BCUT2D eigenvalue weighted by atomic mass is 32.2. The lowest BCUT2D eigenvalue weighted by atomic mass is 10.1. The Morgan fingerprint density at radius 1 is 1.41 bits per heavy atom. The fraction of sp³-hybridized carbons (Fsp3) is 1.00. The summed E-state index contributed by atoms with van der Waals surface area (Å²) in [5.74, 6) is 0. The van der Waals surface area contributed by atoms with Crippen LogP contribution in [0.4, 0.5) is 0 Å². The van der Waals surface area contributed by atoms with Crippen LogP contribution < -0.4 is 5.32 Å². The Bertz CT molecular complexity index is 361. The smallest absolute Gasteiger partial charge is 0.220 e. The molecule has 1 unspecified atom stereocenters. The van der Waals surface area contributed by atoms with Crippen molar-refractivity contribution in [3.05, 3.63) is 0 Å². The van der Waals surface area contributed by atoms with E-state index < -0.39 is 14.8 Å². The van der Waals surface area contributed by atoms with Crippen molar-refractivity contribution in [2.75, 3.05) is 32.8 Å². The lowest BCUT2D eigenvalue weighted by Gasteiger charge is -2.36. The molecular weight excluding hydrogens is 240 g/mol. The molecule has 0 spiro atoms. The molecule has 2 fully saturated rings. The molecule has 0 aromatic carbocycles. The average molecular weight is 262 g/mol. The molecule has 17 heavy (non-hydrogen) atoms. The summed E-state index contributed by atoms with van der Waals surface area (Å²) in [6.07, 6.45) is 1.86. The van der Waals surface area contributed by atoms with Gasteiger partial charge in [-0.2, -0.15) is 4.31 Å². The number of nitrogens with one attached hydrogen (secondary N) is 1. The van der Waals surface area contributed by atoms with Gasteiger partial charge in [-0.3, -0.25) is 0 Å². The van der Waals surface area contributed by atoms with Gasteiger partial charge in [0.25, 0.3) is 0 Å². The topological polar surface area (TPSA) is 58.6 Å². The molecule has 1 atom stereocenters. The third-order valence-electron chi connectivity index (χ3n) is 3.61. The lowest BCUT2D eigenvalue weighted by molar-refractivity contribution is 0.0459. The third kappa shape index (κ3) is 2.50. The molecule has 6 heteroatoms. The molecule has 0 aromatic rings. The van der Waals surface area contributed by atoms with E-state index in [9.17, 15) is 8.42 Å². The second kappa shape index (κ2) is 4.84. The van der Waals surface area contributed by atoms with Crippen molar-refractivity contribution < 1.29 is 13.2 Å².